The summed E-state index contributed by atoms with van der Waals surface area (Å²) in [6, 6.07) is 4.23. The van der Waals surface area contributed by atoms with Crippen molar-refractivity contribution in [3.63, 3.8) is 0 Å². The van der Waals surface area contributed by atoms with Gasteiger partial charge < -0.3 is 19.8 Å². The molecule has 2 unspecified atom stereocenters. The summed E-state index contributed by atoms with van der Waals surface area (Å²) in [6.45, 7) is 1.01. The molecule has 4 aliphatic rings. The molecule has 4 heteroatoms. The topological polar surface area (TPSA) is 52.9 Å². The fraction of sp³-hybridized carbons (Fsp3) is 0.529. The predicted octanol–water partition coefficient (Wildman–Crippen LogP) is 1.20. The van der Waals surface area contributed by atoms with Gasteiger partial charge in [-0.15, -0.1) is 0 Å². The lowest BCUT2D eigenvalue weighted by Gasteiger charge is -2.56. The predicted molar refractivity (Wildman–Crippen MR) is 77.6 cm³/mol. The standard InChI is InChI=1S/C17H19NO3/c1-18-7-6-17-10-3-5-13(20)16(17)21-15-12(19)4-2-9(14(15)17)8-11(10)18/h2-5,10-11,13,16,19-20H,6-8H2,1H3/t10-,11?,13?,16-,17-/m0/s1. The SMILES string of the molecule is CN1CC[C@]23c4c5ccc(O)c4O[C@H]2C(O)C=C[C@H]3C1C5. The van der Waals surface area contributed by atoms with Gasteiger partial charge in [0.15, 0.2) is 11.5 Å². The second kappa shape index (κ2) is 3.62. The van der Waals surface area contributed by atoms with Gasteiger partial charge in [-0.2, -0.15) is 0 Å². The van der Waals surface area contributed by atoms with E-state index in [0.717, 1.165) is 19.4 Å². The van der Waals surface area contributed by atoms with E-state index in [4.69, 9.17) is 4.74 Å². The summed E-state index contributed by atoms with van der Waals surface area (Å²) in [4.78, 5) is 2.43. The first-order valence-corrected chi connectivity index (χ1v) is 7.71. The molecule has 5 atom stereocenters. The maximum Gasteiger partial charge on any atom is 0.165 e. The first-order chi connectivity index (χ1) is 10.1. The maximum absolute atomic E-state index is 10.4. The molecule has 0 radical (unpaired) electrons. The number of likely N-dealkylation sites (N-methyl/N-ethyl adjacent to an activating group) is 1. The summed E-state index contributed by atoms with van der Waals surface area (Å²) >= 11 is 0. The van der Waals surface area contributed by atoms with E-state index in [9.17, 15) is 10.2 Å². The van der Waals surface area contributed by atoms with Crippen LogP contribution in [0.25, 0.3) is 0 Å². The smallest absolute Gasteiger partial charge is 0.165 e. The number of aliphatic hydroxyl groups is 1. The van der Waals surface area contributed by atoms with Crippen LogP contribution in [0, 0.1) is 5.92 Å². The highest BCUT2D eigenvalue weighted by atomic mass is 16.5. The van der Waals surface area contributed by atoms with Crippen LogP contribution < -0.4 is 4.74 Å². The first kappa shape index (κ1) is 12.1. The summed E-state index contributed by atoms with van der Waals surface area (Å²) < 4.78 is 6.09. The Labute approximate surface area is 123 Å². The molecule has 0 aromatic heterocycles. The van der Waals surface area contributed by atoms with Crippen molar-refractivity contribution in [2.45, 2.75) is 36.5 Å². The zero-order valence-electron chi connectivity index (χ0n) is 12.0. The van der Waals surface area contributed by atoms with Gasteiger partial charge in [-0.3, -0.25) is 0 Å². The Morgan fingerprint density at radius 3 is 3.05 bits per heavy atom. The van der Waals surface area contributed by atoms with E-state index in [-0.39, 0.29) is 17.3 Å². The van der Waals surface area contributed by atoms with Crippen molar-refractivity contribution < 1.29 is 14.9 Å². The number of phenolic OH excluding ortho intramolecular Hbond substituents is 1. The zero-order valence-corrected chi connectivity index (χ0v) is 12.0. The van der Waals surface area contributed by atoms with Gasteiger partial charge in [-0.1, -0.05) is 18.2 Å². The van der Waals surface area contributed by atoms with Crippen LogP contribution in [0.1, 0.15) is 17.5 Å². The average Bonchev–Trinajstić information content (AvgIpc) is 2.83. The number of likely N-dealkylation sites (tertiary alicyclic amines) is 1. The molecule has 1 aromatic rings. The number of rotatable bonds is 0. The lowest BCUT2D eigenvalue weighted by molar-refractivity contribution is -0.0453. The van der Waals surface area contributed by atoms with Gasteiger partial charge in [-0.05, 0) is 38.1 Å². The van der Waals surface area contributed by atoms with Crippen LogP contribution in [0.5, 0.6) is 11.5 Å². The minimum absolute atomic E-state index is 0.160. The van der Waals surface area contributed by atoms with E-state index in [1.165, 1.54) is 11.1 Å². The minimum Gasteiger partial charge on any atom is -0.504 e. The number of piperidine rings is 1. The molecular weight excluding hydrogens is 266 g/mol. The number of hydrogen-bond acceptors (Lipinski definition) is 4. The molecule has 5 rings (SSSR count). The third kappa shape index (κ3) is 1.21. The highest BCUT2D eigenvalue weighted by Crippen LogP contribution is 2.62. The fourth-order valence-corrected chi connectivity index (χ4v) is 5.24. The Bertz CT molecular complexity index is 670. The van der Waals surface area contributed by atoms with Crippen molar-refractivity contribution in [3.05, 3.63) is 35.4 Å². The van der Waals surface area contributed by atoms with Gasteiger partial charge in [0.2, 0.25) is 0 Å². The van der Waals surface area contributed by atoms with E-state index in [0.29, 0.717) is 17.7 Å². The molecule has 2 N–H and O–H groups in total. The zero-order chi connectivity index (χ0) is 14.4. The highest BCUT2D eigenvalue weighted by Gasteiger charge is 2.64. The number of aromatic hydroxyl groups is 1. The summed E-state index contributed by atoms with van der Waals surface area (Å²) in [5, 5.41) is 20.6. The van der Waals surface area contributed by atoms with E-state index >= 15 is 0 Å². The summed E-state index contributed by atoms with van der Waals surface area (Å²) in [6.07, 6.45) is 5.18. The first-order valence-electron chi connectivity index (χ1n) is 7.71. The van der Waals surface area contributed by atoms with Crippen LogP contribution in [0.15, 0.2) is 24.3 Å². The molecule has 0 amide bonds. The second-order valence-electron chi connectivity index (χ2n) is 6.93. The molecule has 21 heavy (non-hydrogen) atoms. The lowest BCUT2D eigenvalue weighted by Crippen LogP contribution is -2.64. The monoisotopic (exact) mass is 285 g/mol. The second-order valence-corrected chi connectivity index (χ2v) is 6.93. The Morgan fingerprint density at radius 2 is 2.19 bits per heavy atom. The average molecular weight is 285 g/mol. The molecule has 2 bridgehead atoms. The fourth-order valence-electron chi connectivity index (χ4n) is 5.24. The van der Waals surface area contributed by atoms with Crippen LogP contribution >= 0.6 is 0 Å². The number of hydrogen-bond donors (Lipinski definition) is 2. The molecular formula is C17H19NO3. The Hall–Kier alpha value is -1.52. The largest absolute Gasteiger partial charge is 0.504 e. The number of nitrogens with zero attached hydrogens (tertiary/aromatic N) is 1. The summed E-state index contributed by atoms with van der Waals surface area (Å²) in [7, 11) is 2.19. The number of phenols is 1. The number of benzene rings is 1. The summed E-state index contributed by atoms with van der Waals surface area (Å²) in [5.74, 6) is 1.19. The summed E-state index contributed by atoms with van der Waals surface area (Å²) in [5.41, 5.74) is 2.29. The van der Waals surface area contributed by atoms with Crippen LogP contribution in [0.2, 0.25) is 0 Å². The molecule has 2 aliphatic heterocycles. The molecule has 2 heterocycles. The van der Waals surface area contributed by atoms with Gasteiger partial charge >= 0.3 is 0 Å². The highest BCUT2D eigenvalue weighted by molar-refractivity contribution is 5.61. The van der Waals surface area contributed by atoms with E-state index < -0.39 is 6.10 Å². The Morgan fingerprint density at radius 1 is 1.33 bits per heavy atom. The molecule has 2 aliphatic carbocycles. The van der Waals surface area contributed by atoms with Crippen LogP contribution in [0.3, 0.4) is 0 Å². The van der Waals surface area contributed by atoms with Crippen molar-refractivity contribution in [1.82, 2.24) is 4.90 Å². The minimum atomic E-state index is -0.594. The normalized spacial score (nSPS) is 42.6. The molecule has 1 saturated heterocycles. The van der Waals surface area contributed by atoms with E-state index in [1.807, 2.05) is 12.1 Å². The molecule has 4 nitrogen and oxygen atoms in total. The lowest BCUT2D eigenvalue weighted by atomic mass is 9.53. The molecule has 1 aromatic carbocycles. The molecule has 0 saturated carbocycles. The quantitative estimate of drug-likeness (QED) is 0.703. The van der Waals surface area contributed by atoms with Crippen LogP contribution in [0.4, 0.5) is 0 Å². The van der Waals surface area contributed by atoms with Gasteiger partial charge in [0.25, 0.3) is 0 Å². The van der Waals surface area contributed by atoms with Crippen molar-refractivity contribution >= 4 is 0 Å². The van der Waals surface area contributed by atoms with Gasteiger partial charge in [0, 0.05) is 22.9 Å². The molecule has 110 valence electrons. The number of aliphatic hydroxyl groups excluding tert-OH is 1. The Balaban J connectivity index is 1.84. The van der Waals surface area contributed by atoms with Crippen molar-refractivity contribution in [2.24, 2.45) is 5.92 Å². The molecule has 1 spiro atoms. The van der Waals surface area contributed by atoms with Crippen LogP contribution in [-0.4, -0.2) is 47.0 Å². The van der Waals surface area contributed by atoms with Crippen molar-refractivity contribution in [3.8, 4) is 11.5 Å². The number of ether oxygens (including phenoxy) is 1. The van der Waals surface area contributed by atoms with E-state index in [1.54, 1.807) is 6.07 Å². The van der Waals surface area contributed by atoms with Crippen molar-refractivity contribution in [1.29, 1.82) is 0 Å². The molecule has 1 fully saturated rings. The van der Waals surface area contributed by atoms with Gasteiger partial charge in [-0.25, -0.2) is 0 Å². The van der Waals surface area contributed by atoms with Crippen molar-refractivity contribution in [2.75, 3.05) is 13.6 Å². The third-order valence-corrected chi connectivity index (χ3v) is 6.15. The van der Waals surface area contributed by atoms with Gasteiger partial charge in [0.05, 0.1) is 0 Å². The van der Waals surface area contributed by atoms with E-state index in [2.05, 4.69) is 18.0 Å². The van der Waals surface area contributed by atoms with Gasteiger partial charge in [0.1, 0.15) is 12.2 Å². The maximum atomic E-state index is 10.4. The third-order valence-electron chi connectivity index (χ3n) is 6.15. The Kier molecular flexibility index (Phi) is 2.08. The van der Waals surface area contributed by atoms with Crippen LogP contribution in [-0.2, 0) is 11.8 Å².